The Bertz CT molecular complexity index is 449. The van der Waals surface area contributed by atoms with E-state index in [0.717, 1.165) is 0 Å². The Kier molecular flexibility index (Phi) is 5.66. The molecule has 0 saturated heterocycles. The largest absolute Gasteiger partial charge is 0.465 e. The van der Waals surface area contributed by atoms with Crippen molar-refractivity contribution in [2.24, 2.45) is 0 Å². The van der Waals surface area contributed by atoms with E-state index in [2.05, 4.69) is 5.32 Å². The third kappa shape index (κ3) is 4.87. The molecule has 3 N–H and O–H groups in total. The van der Waals surface area contributed by atoms with Gasteiger partial charge in [-0.3, -0.25) is 4.79 Å². The fourth-order valence-corrected chi connectivity index (χ4v) is 1.51. The summed E-state index contributed by atoms with van der Waals surface area (Å²) < 4.78 is 4.81. The highest BCUT2D eigenvalue weighted by atomic mass is 16.5. The summed E-state index contributed by atoms with van der Waals surface area (Å²) in [6.07, 6.45) is 0. The van der Waals surface area contributed by atoms with Crippen LogP contribution in [0.4, 0.5) is 16.2 Å². The molecular formula is C13H19N3O3. The maximum atomic E-state index is 12.0. The highest BCUT2D eigenvalue weighted by Crippen LogP contribution is 2.12. The Labute approximate surface area is 112 Å². The molecule has 6 heteroatoms. The van der Waals surface area contributed by atoms with Crippen LogP contribution in [0.25, 0.3) is 0 Å². The molecule has 0 spiro atoms. The third-order valence-electron chi connectivity index (χ3n) is 2.43. The van der Waals surface area contributed by atoms with Crippen molar-refractivity contribution in [2.75, 3.05) is 30.7 Å². The zero-order valence-electron chi connectivity index (χ0n) is 11.2. The number of nitrogens with one attached hydrogen (secondary N) is 1. The van der Waals surface area contributed by atoms with Crippen LogP contribution in [0.15, 0.2) is 24.3 Å². The zero-order chi connectivity index (χ0) is 14.3. The van der Waals surface area contributed by atoms with Crippen molar-refractivity contribution in [3.05, 3.63) is 24.3 Å². The molecule has 0 aliphatic heterocycles. The number of ether oxygens (including phenoxy) is 1. The monoisotopic (exact) mass is 265 g/mol. The molecule has 1 rings (SSSR count). The van der Waals surface area contributed by atoms with Crippen LogP contribution in [0.2, 0.25) is 0 Å². The Morgan fingerprint density at radius 2 is 2.11 bits per heavy atom. The van der Waals surface area contributed by atoms with Gasteiger partial charge in [0, 0.05) is 17.9 Å². The number of nitrogens with zero attached hydrogens (tertiary/aromatic N) is 1. The number of nitrogen functional groups attached to an aromatic ring is 1. The summed E-state index contributed by atoms with van der Waals surface area (Å²) in [7, 11) is 0. The molecule has 19 heavy (non-hydrogen) atoms. The molecule has 2 amide bonds. The first-order chi connectivity index (χ1) is 9.06. The highest BCUT2D eigenvalue weighted by molar-refractivity contribution is 5.91. The maximum Gasteiger partial charge on any atom is 0.325 e. The number of likely N-dealkylation sites (N-methyl/N-ethyl adjacent to an activating group) is 1. The lowest BCUT2D eigenvalue weighted by Gasteiger charge is -2.20. The first kappa shape index (κ1) is 14.8. The molecule has 0 heterocycles. The summed E-state index contributed by atoms with van der Waals surface area (Å²) in [5.41, 5.74) is 6.78. The fraction of sp³-hybridized carbons (Fsp3) is 0.385. The van der Waals surface area contributed by atoms with Crippen LogP contribution in [0.1, 0.15) is 13.8 Å². The number of esters is 1. The third-order valence-corrected chi connectivity index (χ3v) is 2.43. The second-order valence-electron chi connectivity index (χ2n) is 3.87. The molecule has 0 bridgehead atoms. The van der Waals surface area contributed by atoms with Crippen molar-refractivity contribution >= 4 is 23.4 Å². The van der Waals surface area contributed by atoms with Crippen molar-refractivity contribution in [3.63, 3.8) is 0 Å². The average Bonchev–Trinajstić information content (AvgIpc) is 2.36. The standard InChI is InChI=1S/C13H19N3O3/c1-3-16(9-12(17)19-4-2)13(18)15-11-7-5-6-10(14)8-11/h5-8H,3-4,9,14H2,1-2H3,(H,15,18). The number of nitrogens with two attached hydrogens (primary N) is 1. The lowest BCUT2D eigenvalue weighted by Crippen LogP contribution is -2.39. The van der Waals surface area contributed by atoms with Gasteiger partial charge >= 0.3 is 12.0 Å². The van der Waals surface area contributed by atoms with Crippen molar-refractivity contribution in [3.8, 4) is 0 Å². The lowest BCUT2D eigenvalue weighted by atomic mass is 10.3. The zero-order valence-corrected chi connectivity index (χ0v) is 11.2. The number of hydrogen-bond acceptors (Lipinski definition) is 4. The van der Waals surface area contributed by atoms with Crippen LogP contribution in [-0.2, 0) is 9.53 Å². The minimum Gasteiger partial charge on any atom is -0.465 e. The van der Waals surface area contributed by atoms with Gasteiger partial charge in [0.15, 0.2) is 0 Å². The topological polar surface area (TPSA) is 84.7 Å². The van der Waals surface area contributed by atoms with Crippen molar-refractivity contribution in [2.45, 2.75) is 13.8 Å². The van der Waals surface area contributed by atoms with E-state index in [-0.39, 0.29) is 12.6 Å². The van der Waals surface area contributed by atoms with Crippen molar-refractivity contribution in [1.82, 2.24) is 4.90 Å². The van der Waals surface area contributed by atoms with Crippen LogP contribution < -0.4 is 11.1 Å². The number of amides is 2. The maximum absolute atomic E-state index is 12.0. The van der Waals surface area contributed by atoms with Gasteiger partial charge in [-0.1, -0.05) is 6.07 Å². The minimum atomic E-state index is -0.424. The number of carbonyl (C=O) groups is 2. The van der Waals surface area contributed by atoms with Crippen LogP contribution >= 0.6 is 0 Å². The first-order valence-electron chi connectivity index (χ1n) is 6.13. The number of hydrogen-bond donors (Lipinski definition) is 2. The van der Waals surface area contributed by atoms with Gasteiger partial charge < -0.3 is 20.7 Å². The molecule has 0 aromatic heterocycles. The van der Waals surface area contributed by atoms with Gasteiger partial charge in [0.1, 0.15) is 6.54 Å². The Morgan fingerprint density at radius 3 is 2.68 bits per heavy atom. The van der Waals surface area contributed by atoms with E-state index in [1.54, 1.807) is 38.1 Å². The summed E-state index contributed by atoms with van der Waals surface area (Å²) >= 11 is 0. The molecule has 104 valence electrons. The van der Waals surface area contributed by atoms with E-state index in [1.165, 1.54) is 4.90 Å². The van der Waals surface area contributed by atoms with Crippen LogP contribution in [0.5, 0.6) is 0 Å². The fourth-order valence-electron chi connectivity index (χ4n) is 1.51. The van der Waals surface area contributed by atoms with E-state index >= 15 is 0 Å². The summed E-state index contributed by atoms with van der Waals surface area (Å²) in [5, 5.41) is 2.68. The number of rotatable bonds is 5. The lowest BCUT2D eigenvalue weighted by molar-refractivity contribution is -0.143. The molecule has 1 aromatic carbocycles. The predicted octanol–water partition coefficient (Wildman–Crippen LogP) is 1.69. The van der Waals surface area contributed by atoms with Gasteiger partial charge in [0.25, 0.3) is 0 Å². The summed E-state index contributed by atoms with van der Waals surface area (Å²) in [6, 6.07) is 6.49. The second-order valence-corrected chi connectivity index (χ2v) is 3.87. The quantitative estimate of drug-likeness (QED) is 0.626. The molecule has 6 nitrogen and oxygen atoms in total. The molecular weight excluding hydrogens is 246 g/mol. The van der Waals surface area contributed by atoms with Gasteiger partial charge in [0.05, 0.1) is 6.61 Å². The van der Waals surface area contributed by atoms with E-state index in [1.807, 2.05) is 0 Å². The Balaban J connectivity index is 2.61. The second kappa shape index (κ2) is 7.25. The van der Waals surface area contributed by atoms with Gasteiger partial charge in [-0.2, -0.15) is 0 Å². The van der Waals surface area contributed by atoms with Gasteiger partial charge in [-0.15, -0.1) is 0 Å². The number of benzene rings is 1. The summed E-state index contributed by atoms with van der Waals surface area (Å²) in [5.74, 6) is -0.424. The first-order valence-corrected chi connectivity index (χ1v) is 6.13. The van der Waals surface area contributed by atoms with Gasteiger partial charge in [0.2, 0.25) is 0 Å². The van der Waals surface area contributed by atoms with Crippen molar-refractivity contribution < 1.29 is 14.3 Å². The van der Waals surface area contributed by atoms with Gasteiger partial charge in [-0.05, 0) is 32.0 Å². The summed E-state index contributed by atoms with van der Waals surface area (Å²) in [6.45, 7) is 4.15. The van der Waals surface area contributed by atoms with E-state index in [9.17, 15) is 9.59 Å². The Hall–Kier alpha value is -2.24. The molecule has 0 radical (unpaired) electrons. The molecule has 1 aromatic rings. The molecule has 0 aliphatic rings. The van der Waals surface area contributed by atoms with E-state index in [4.69, 9.17) is 10.5 Å². The number of urea groups is 1. The highest BCUT2D eigenvalue weighted by Gasteiger charge is 2.16. The molecule has 0 saturated carbocycles. The SMILES string of the molecule is CCOC(=O)CN(CC)C(=O)Nc1cccc(N)c1. The summed E-state index contributed by atoms with van der Waals surface area (Å²) in [4.78, 5) is 24.7. The average molecular weight is 265 g/mol. The number of carbonyl (C=O) groups excluding carboxylic acids is 2. The van der Waals surface area contributed by atoms with Crippen LogP contribution in [0, 0.1) is 0 Å². The van der Waals surface area contributed by atoms with Gasteiger partial charge in [-0.25, -0.2) is 4.79 Å². The normalized spacial score (nSPS) is 9.79. The molecule has 0 aliphatic carbocycles. The van der Waals surface area contributed by atoms with Crippen molar-refractivity contribution in [1.29, 1.82) is 0 Å². The van der Waals surface area contributed by atoms with E-state index < -0.39 is 5.97 Å². The smallest absolute Gasteiger partial charge is 0.325 e. The minimum absolute atomic E-state index is 0.0709. The predicted molar refractivity (Wildman–Crippen MR) is 73.8 cm³/mol. The Morgan fingerprint density at radius 1 is 1.37 bits per heavy atom. The number of anilines is 2. The van der Waals surface area contributed by atoms with E-state index in [0.29, 0.717) is 24.5 Å². The van der Waals surface area contributed by atoms with Crippen LogP contribution in [-0.4, -0.2) is 36.6 Å². The molecule has 0 unspecified atom stereocenters. The molecule has 0 atom stereocenters. The van der Waals surface area contributed by atoms with Crippen LogP contribution in [0.3, 0.4) is 0 Å². The molecule has 0 fully saturated rings.